The molecule has 0 saturated heterocycles. The van der Waals surface area contributed by atoms with E-state index in [1.54, 1.807) is 21.8 Å². The molecule has 0 fully saturated rings. The lowest BCUT2D eigenvalue weighted by Crippen LogP contribution is -2.40. The highest BCUT2D eigenvalue weighted by Crippen LogP contribution is 2.30. The van der Waals surface area contributed by atoms with Gasteiger partial charge in [0.05, 0.1) is 36.1 Å². The number of benzene rings is 1. The third-order valence-corrected chi connectivity index (χ3v) is 5.24. The maximum atomic E-state index is 12.9. The summed E-state index contributed by atoms with van der Waals surface area (Å²) in [5, 5.41) is 10.3. The summed E-state index contributed by atoms with van der Waals surface area (Å²) in [5.74, 6) is 0.295. The quantitative estimate of drug-likeness (QED) is 0.659. The van der Waals surface area contributed by atoms with Crippen LogP contribution >= 0.6 is 0 Å². The van der Waals surface area contributed by atoms with Crippen molar-refractivity contribution in [3.8, 4) is 0 Å². The summed E-state index contributed by atoms with van der Waals surface area (Å²) >= 11 is 0. The van der Waals surface area contributed by atoms with Crippen LogP contribution in [0.3, 0.4) is 0 Å². The van der Waals surface area contributed by atoms with Crippen molar-refractivity contribution >= 4 is 23.3 Å². The van der Waals surface area contributed by atoms with E-state index in [4.69, 9.17) is 0 Å². The van der Waals surface area contributed by atoms with Gasteiger partial charge in [0.1, 0.15) is 0 Å². The number of nitrogens with zero attached hydrogens (tertiary/aromatic N) is 4. The number of anilines is 2. The van der Waals surface area contributed by atoms with Gasteiger partial charge in [-0.05, 0) is 24.1 Å². The Bertz CT molecular complexity index is 1060. The van der Waals surface area contributed by atoms with E-state index in [2.05, 4.69) is 20.7 Å². The first-order valence-electron chi connectivity index (χ1n) is 9.93. The summed E-state index contributed by atoms with van der Waals surface area (Å²) in [6.45, 7) is 2.61. The van der Waals surface area contributed by atoms with Gasteiger partial charge in [0.2, 0.25) is 5.91 Å². The Morgan fingerprint density at radius 1 is 1.27 bits per heavy atom. The van der Waals surface area contributed by atoms with Gasteiger partial charge in [0, 0.05) is 19.4 Å². The van der Waals surface area contributed by atoms with Gasteiger partial charge in [0.15, 0.2) is 5.82 Å². The van der Waals surface area contributed by atoms with Crippen molar-refractivity contribution < 1.29 is 9.59 Å². The first-order valence-corrected chi connectivity index (χ1v) is 9.93. The van der Waals surface area contributed by atoms with E-state index in [9.17, 15) is 9.59 Å². The number of pyridine rings is 1. The molecule has 4 rings (SSSR count). The van der Waals surface area contributed by atoms with Crippen LogP contribution in [0.4, 0.5) is 11.5 Å². The molecule has 1 atom stereocenters. The molecule has 2 amide bonds. The predicted molar refractivity (Wildman–Crippen MR) is 114 cm³/mol. The molecule has 0 saturated carbocycles. The molecule has 30 heavy (non-hydrogen) atoms. The van der Waals surface area contributed by atoms with E-state index >= 15 is 0 Å². The van der Waals surface area contributed by atoms with Gasteiger partial charge in [-0.25, -0.2) is 4.98 Å². The molecule has 3 heterocycles. The third kappa shape index (κ3) is 3.89. The van der Waals surface area contributed by atoms with Crippen LogP contribution < -0.4 is 15.5 Å². The molecule has 2 aromatic heterocycles. The number of amides is 2. The molecule has 154 valence electrons. The van der Waals surface area contributed by atoms with Crippen LogP contribution in [0, 0.1) is 0 Å². The van der Waals surface area contributed by atoms with Crippen LogP contribution in [-0.4, -0.2) is 33.1 Å². The van der Waals surface area contributed by atoms with Crippen molar-refractivity contribution in [2.24, 2.45) is 7.05 Å². The predicted octanol–water partition coefficient (Wildman–Crippen LogP) is 2.65. The van der Waals surface area contributed by atoms with Gasteiger partial charge in [-0.2, -0.15) is 5.10 Å². The van der Waals surface area contributed by atoms with Gasteiger partial charge in [-0.1, -0.05) is 37.3 Å². The number of aromatic nitrogens is 3. The van der Waals surface area contributed by atoms with E-state index in [1.807, 2.05) is 50.4 Å². The van der Waals surface area contributed by atoms with Crippen molar-refractivity contribution in [3.63, 3.8) is 0 Å². The van der Waals surface area contributed by atoms with Crippen molar-refractivity contribution in [1.82, 2.24) is 20.1 Å². The van der Waals surface area contributed by atoms with E-state index in [0.29, 0.717) is 23.6 Å². The van der Waals surface area contributed by atoms with Crippen molar-refractivity contribution in [1.29, 1.82) is 0 Å². The monoisotopic (exact) mass is 404 g/mol. The third-order valence-electron chi connectivity index (χ3n) is 5.24. The van der Waals surface area contributed by atoms with E-state index < -0.39 is 0 Å². The lowest BCUT2D eigenvalue weighted by Gasteiger charge is -2.30. The van der Waals surface area contributed by atoms with E-state index in [0.717, 1.165) is 17.7 Å². The molecule has 8 heteroatoms. The summed E-state index contributed by atoms with van der Waals surface area (Å²) in [6.07, 6.45) is 3.97. The molecule has 1 aliphatic heterocycles. The largest absolute Gasteiger partial charge is 0.359 e. The minimum atomic E-state index is -0.240. The Kier molecular flexibility index (Phi) is 5.47. The molecule has 0 spiro atoms. The van der Waals surface area contributed by atoms with Gasteiger partial charge in [-0.15, -0.1) is 0 Å². The second-order valence-corrected chi connectivity index (χ2v) is 7.22. The first kappa shape index (κ1) is 19.6. The molecule has 2 N–H and O–H groups in total. The molecule has 0 aliphatic carbocycles. The Morgan fingerprint density at radius 3 is 2.77 bits per heavy atom. The summed E-state index contributed by atoms with van der Waals surface area (Å²) < 4.78 is 1.75. The molecule has 1 unspecified atom stereocenters. The molecule has 0 radical (unpaired) electrons. The highest BCUT2D eigenvalue weighted by molar-refractivity contribution is 6.04. The number of carbonyl (C=O) groups is 2. The second-order valence-electron chi connectivity index (χ2n) is 7.22. The van der Waals surface area contributed by atoms with Gasteiger partial charge in [0.25, 0.3) is 5.91 Å². The minimum absolute atomic E-state index is 0.0629. The molecule has 0 bridgehead atoms. The summed E-state index contributed by atoms with van der Waals surface area (Å²) in [6, 6.07) is 13.2. The zero-order valence-corrected chi connectivity index (χ0v) is 17.0. The molecule has 1 aliphatic rings. The van der Waals surface area contributed by atoms with Crippen LogP contribution in [0.5, 0.6) is 0 Å². The van der Waals surface area contributed by atoms with Crippen LogP contribution in [0.25, 0.3) is 0 Å². The fourth-order valence-electron chi connectivity index (χ4n) is 3.60. The standard InChI is InChI=1S/C22H24N6O2/c1-3-17(18-9-10-25-27(18)2)26-22(30)16-11-19-21(23-12-16)24-13-20(29)28(19)14-15-7-5-4-6-8-15/h4-12,17H,3,13-14H2,1-2H3,(H,23,24)(H,26,30). The second kappa shape index (κ2) is 8.36. The van der Waals surface area contributed by atoms with Gasteiger partial charge >= 0.3 is 0 Å². The Morgan fingerprint density at radius 2 is 2.07 bits per heavy atom. The Labute approximate surface area is 174 Å². The van der Waals surface area contributed by atoms with Crippen molar-refractivity contribution in [2.75, 3.05) is 16.8 Å². The molecule has 1 aromatic carbocycles. The summed E-state index contributed by atoms with van der Waals surface area (Å²) in [7, 11) is 1.85. The number of hydrogen-bond acceptors (Lipinski definition) is 5. The van der Waals surface area contributed by atoms with Crippen molar-refractivity contribution in [2.45, 2.75) is 25.9 Å². The lowest BCUT2D eigenvalue weighted by atomic mass is 10.1. The normalized spacial score (nSPS) is 14.1. The zero-order chi connectivity index (χ0) is 21.1. The highest BCUT2D eigenvalue weighted by Gasteiger charge is 2.27. The topological polar surface area (TPSA) is 92.2 Å². The van der Waals surface area contributed by atoms with Crippen LogP contribution in [0.15, 0.2) is 54.9 Å². The van der Waals surface area contributed by atoms with E-state index in [-0.39, 0.29) is 24.4 Å². The fraction of sp³-hybridized carbons (Fsp3) is 0.273. The maximum absolute atomic E-state index is 12.9. The SMILES string of the molecule is CCC(NC(=O)c1cnc2c(c1)N(Cc1ccccc1)C(=O)CN2)c1ccnn1C. The van der Waals surface area contributed by atoms with E-state index in [1.165, 1.54) is 6.20 Å². The van der Waals surface area contributed by atoms with Gasteiger partial charge < -0.3 is 15.5 Å². The fourth-order valence-corrected chi connectivity index (χ4v) is 3.60. The average Bonchev–Trinajstić information content (AvgIpc) is 3.20. The number of fused-ring (bicyclic) bond motifs is 1. The molecule has 8 nitrogen and oxygen atoms in total. The molecular weight excluding hydrogens is 380 g/mol. The Hall–Kier alpha value is -3.68. The average molecular weight is 404 g/mol. The van der Waals surface area contributed by atoms with Crippen LogP contribution in [-0.2, 0) is 18.4 Å². The number of hydrogen-bond donors (Lipinski definition) is 2. The first-order chi connectivity index (χ1) is 14.6. The zero-order valence-electron chi connectivity index (χ0n) is 17.0. The minimum Gasteiger partial charge on any atom is -0.359 e. The number of carbonyl (C=O) groups excluding carboxylic acids is 2. The molecule has 3 aromatic rings. The number of nitrogens with one attached hydrogen (secondary N) is 2. The van der Waals surface area contributed by atoms with Crippen LogP contribution in [0.1, 0.15) is 41.0 Å². The summed E-state index contributed by atoms with van der Waals surface area (Å²) in [5.41, 5.74) is 2.95. The highest BCUT2D eigenvalue weighted by atomic mass is 16.2. The van der Waals surface area contributed by atoms with Crippen molar-refractivity contribution in [3.05, 3.63) is 71.7 Å². The Balaban J connectivity index is 1.59. The maximum Gasteiger partial charge on any atom is 0.253 e. The lowest BCUT2D eigenvalue weighted by molar-refractivity contribution is -0.117. The van der Waals surface area contributed by atoms with Crippen LogP contribution in [0.2, 0.25) is 0 Å². The number of rotatable bonds is 6. The smallest absolute Gasteiger partial charge is 0.253 e. The molecular formula is C22H24N6O2. The number of aryl methyl sites for hydroxylation is 1. The van der Waals surface area contributed by atoms with Gasteiger partial charge in [-0.3, -0.25) is 14.3 Å². The summed E-state index contributed by atoms with van der Waals surface area (Å²) in [4.78, 5) is 31.6.